The summed E-state index contributed by atoms with van der Waals surface area (Å²) in [5.41, 5.74) is -0.186. The molecule has 2 N–H and O–H groups in total. The number of rotatable bonds is 4. The molecule has 0 amide bonds. The van der Waals surface area contributed by atoms with Crippen LogP contribution in [0.2, 0.25) is 0 Å². The highest BCUT2D eigenvalue weighted by molar-refractivity contribution is 6.59. The predicted molar refractivity (Wildman–Crippen MR) is 54.1 cm³/mol. The summed E-state index contributed by atoms with van der Waals surface area (Å²) in [6.45, 7) is 1.62. The molecule has 0 unspecified atom stereocenters. The molecule has 0 aliphatic rings. The van der Waals surface area contributed by atoms with Crippen molar-refractivity contribution in [3.05, 3.63) is 18.2 Å². The van der Waals surface area contributed by atoms with E-state index in [1.165, 1.54) is 12.1 Å². The van der Waals surface area contributed by atoms with Gasteiger partial charge in [-0.05, 0) is 13.0 Å². The van der Waals surface area contributed by atoms with Gasteiger partial charge in [-0.3, -0.25) is 0 Å². The monoisotopic (exact) mass is 250 g/mol. The van der Waals surface area contributed by atoms with E-state index >= 15 is 0 Å². The smallest absolute Gasteiger partial charge is 0.490 e. The highest BCUT2D eigenvalue weighted by Crippen LogP contribution is 2.30. The Hall–Kier alpha value is -1.41. The highest BCUT2D eigenvalue weighted by Gasteiger charge is 2.33. The third-order valence-electron chi connectivity index (χ3n) is 1.80. The minimum Gasteiger partial charge on any atom is -0.490 e. The van der Waals surface area contributed by atoms with E-state index in [2.05, 4.69) is 4.74 Å². The molecular formula is C9H10BF3O4. The summed E-state index contributed by atoms with van der Waals surface area (Å²) >= 11 is 0. The van der Waals surface area contributed by atoms with Crippen molar-refractivity contribution in [1.82, 2.24) is 0 Å². The van der Waals surface area contributed by atoms with Crippen LogP contribution in [0.1, 0.15) is 6.92 Å². The van der Waals surface area contributed by atoms with Crippen LogP contribution >= 0.6 is 0 Å². The van der Waals surface area contributed by atoms with Gasteiger partial charge in [-0.2, -0.15) is 0 Å². The maximum Gasteiger partial charge on any atom is 0.573 e. The molecule has 0 atom stereocenters. The third kappa shape index (κ3) is 3.83. The lowest BCUT2D eigenvalue weighted by atomic mass is 9.79. The molecule has 0 saturated carbocycles. The molecule has 0 heterocycles. The fraction of sp³-hybridized carbons (Fsp3) is 0.333. The summed E-state index contributed by atoms with van der Waals surface area (Å²) in [7, 11) is -1.94. The second-order valence-electron chi connectivity index (χ2n) is 3.03. The number of ether oxygens (including phenoxy) is 2. The van der Waals surface area contributed by atoms with Gasteiger partial charge < -0.3 is 19.5 Å². The van der Waals surface area contributed by atoms with Crippen molar-refractivity contribution in [1.29, 1.82) is 0 Å². The van der Waals surface area contributed by atoms with E-state index in [0.29, 0.717) is 0 Å². The molecule has 0 spiro atoms. The minimum atomic E-state index is -4.87. The van der Waals surface area contributed by atoms with Crippen LogP contribution in [-0.4, -0.2) is 30.1 Å². The Morgan fingerprint density at radius 2 is 1.94 bits per heavy atom. The summed E-state index contributed by atoms with van der Waals surface area (Å²) < 4.78 is 44.9. The van der Waals surface area contributed by atoms with Crippen molar-refractivity contribution >= 4 is 12.6 Å². The molecule has 0 saturated heterocycles. The summed E-state index contributed by atoms with van der Waals surface area (Å²) in [6.07, 6.45) is -4.87. The summed E-state index contributed by atoms with van der Waals surface area (Å²) in [4.78, 5) is 0. The second kappa shape index (κ2) is 5.28. The molecule has 4 nitrogen and oxygen atoms in total. The molecule has 1 aromatic rings. The third-order valence-corrected chi connectivity index (χ3v) is 1.80. The molecule has 0 aromatic heterocycles. The first-order valence-electron chi connectivity index (χ1n) is 4.72. The van der Waals surface area contributed by atoms with Crippen molar-refractivity contribution in [2.24, 2.45) is 0 Å². The maximum absolute atomic E-state index is 12.1. The number of benzene rings is 1. The standard InChI is InChI=1S/C9H10BF3O4/c1-2-16-8-6(10(14)15)4-3-5-7(8)17-9(11,12)13/h3-5,14-15H,2H2,1H3. The first-order valence-corrected chi connectivity index (χ1v) is 4.72. The van der Waals surface area contributed by atoms with Crippen LogP contribution < -0.4 is 14.9 Å². The van der Waals surface area contributed by atoms with Gasteiger partial charge in [0.1, 0.15) is 0 Å². The molecule has 17 heavy (non-hydrogen) atoms. The van der Waals surface area contributed by atoms with Gasteiger partial charge in [0.05, 0.1) is 6.61 Å². The Labute approximate surface area is 95.7 Å². The zero-order valence-electron chi connectivity index (χ0n) is 8.86. The fourth-order valence-electron chi connectivity index (χ4n) is 1.24. The largest absolute Gasteiger partial charge is 0.573 e. The molecule has 1 rings (SSSR count). The highest BCUT2D eigenvalue weighted by atomic mass is 19.4. The van der Waals surface area contributed by atoms with Gasteiger partial charge in [-0.1, -0.05) is 12.1 Å². The molecule has 0 aliphatic carbocycles. The summed E-state index contributed by atoms with van der Waals surface area (Å²) in [6, 6.07) is 3.47. The topological polar surface area (TPSA) is 58.9 Å². The molecular weight excluding hydrogens is 240 g/mol. The minimum absolute atomic E-state index is 0.0674. The van der Waals surface area contributed by atoms with Crippen LogP contribution in [0.4, 0.5) is 13.2 Å². The van der Waals surface area contributed by atoms with Gasteiger partial charge in [0.15, 0.2) is 11.5 Å². The average molecular weight is 250 g/mol. The molecule has 8 heteroatoms. The Morgan fingerprint density at radius 3 is 2.41 bits per heavy atom. The Morgan fingerprint density at radius 1 is 1.29 bits per heavy atom. The van der Waals surface area contributed by atoms with Gasteiger partial charge >= 0.3 is 13.5 Å². The molecule has 0 radical (unpaired) electrons. The van der Waals surface area contributed by atoms with E-state index < -0.39 is 19.2 Å². The zero-order valence-corrected chi connectivity index (χ0v) is 8.86. The normalized spacial score (nSPS) is 11.2. The van der Waals surface area contributed by atoms with Crippen molar-refractivity contribution < 1.29 is 32.7 Å². The molecule has 94 valence electrons. The first kappa shape index (κ1) is 13.7. The van der Waals surface area contributed by atoms with Gasteiger partial charge in [-0.15, -0.1) is 13.2 Å². The number of alkyl halides is 3. The maximum atomic E-state index is 12.1. The van der Waals surface area contributed by atoms with Gasteiger partial charge in [0.25, 0.3) is 0 Å². The van der Waals surface area contributed by atoms with E-state index in [-0.39, 0.29) is 17.8 Å². The van der Waals surface area contributed by atoms with Gasteiger partial charge in [-0.25, -0.2) is 0 Å². The molecule has 0 aliphatic heterocycles. The fourth-order valence-corrected chi connectivity index (χ4v) is 1.24. The van der Waals surface area contributed by atoms with Crippen molar-refractivity contribution in [3.63, 3.8) is 0 Å². The second-order valence-corrected chi connectivity index (χ2v) is 3.03. The Balaban J connectivity index is 3.15. The van der Waals surface area contributed by atoms with Crippen LogP contribution in [0.3, 0.4) is 0 Å². The quantitative estimate of drug-likeness (QED) is 0.771. The van der Waals surface area contributed by atoms with E-state index in [4.69, 9.17) is 14.8 Å². The predicted octanol–water partition coefficient (Wildman–Crippen LogP) is 0.664. The Kier molecular flexibility index (Phi) is 4.25. The lowest BCUT2D eigenvalue weighted by molar-refractivity contribution is -0.275. The molecule has 0 bridgehead atoms. The zero-order chi connectivity index (χ0) is 13.1. The lowest BCUT2D eigenvalue weighted by Crippen LogP contribution is -2.32. The SMILES string of the molecule is CCOc1c(OC(F)(F)F)cccc1B(O)O. The molecule has 0 fully saturated rings. The van der Waals surface area contributed by atoms with E-state index in [9.17, 15) is 13.2 Å². The van der Waals surface area contributed by atoms with Gasteiger partial charge in [0, 0.05) is 5.46 Å². The van der Waals surface area contributed by atoms with Crippen LogP contribution in [0.15, 0.2) is 18.2 Å². The number of para-hydroxylation sites is 1. The van der Waals surface area contributed by atoms with E-state index in [1.54, 1.807) is 6.92 Å². The van der Waals surface area contributed by atoms with Crippen LogP contribution in [0.25, 0.3) is 0 Å². The van der Waals surface area contributed by atoms with Gasteiger partial charge in [0.2, 0.25) is 0 Å². The first-order chi connectivity index (χ1) is 7.85. The van der Waals surface area contributed by atoms with E-state index in [1.807, 2.05) is 0 Å². The van der Waals surface area contributed by atoms with Crippen molar-refractivity contribution in [2.45, 2.75) is 13.3 Å². The lowest BCUT2D eigenvalue weighted by Gasteiger charge is -2.16. The Bertz CT molecular complexity index is 381. The summed E-state index contributed by atoms with van der Waals surface area (Å²) in [5.74, 6) is -0.938. The number of hydrogen-bond donors (Lipinski definition) is 2. The van der Waals surface area contributed by atoms with Crippen LogP contribution in [-0.2, 0) is 0 Å². The van der Waals surface area contributed by atoms with E-state index in [0.717, 1.165) is 6.07 Å². The van der Waals surface area contributed by atoms with Crippen LogP contribution in [0.5, 0.6) is 11.5 Å². The van der Waals surface area contributed by atoms with Crippen molar-refractivity contribution in [2.75, 3.05) is 6.61 Å². The van der Waals surface area contributed by atoms with Crippen molar-refractivity contribution in [3.8, 4) is 11.5 Å². The summed E-state index contributed by atoms with van der Waals surface area (Å²) in [5, 5.41) is 18.0. The molecule has 1 aromatic carbocycles. The number of halogens is 3. The average Bonchev–Trinajstić information content (AvgIpc) is 2.18. The van der Waals surface area contributed by atoms with Crippen LogP contribution in [0, 0.1) is 0 Å². The number of hydrogen-bond acceptors (Lipinski definition) is 4.